The number of carbonyl (C=O) groups excluding carboxylic acids is 3. The largest absolute Gasteiger partial charge is 0.494 e. The summed E-state index contributed by atoms with van der Waals surface area (Å²) in [4.78, 5) is 42.1. The predicted molar refractivity (Wildman–Crippen MR) is 145 cm³/mol. The van der Waals surface area contributed by atoms with Crippen LogP contribution < -0.4 is 15.0 Å². The lowest BCUT2D eigenvalue weighted by Gasteiger charge is -2.18. The maximum Gasteiger partial charge on any atom is 0.340 e. The fraction of sp³-hybridized carbons (Fsp3) is 0.179. The number of carbonyl (C=O) groups is 3. The molecule has 37 heavy (non-hydrogen) atoms. The van der Waals surface area contributed by atoms with Crippen LogP contribution in [0, 0.1) is 0 Å². The van der Waals surface area contributed by atoms with Crippen molar-refractivity contribution in [2.45, 2.75) is 25.2 Å². The molecule has 0 atom stereocenters. The van der Waals surface area contributed by atoms with Gasteiger partial charge < -0.3 is 14.8 Å². The zero-order valence-corrected chi connectivity index (χ0v) is 21.9. The molecule has 7 nitrogen and oxygen atoms in total. The highest BCUT2D eigenvalue weighted by atomic mass is 35.5. The monoisotopic (exact) mass is 536 g/mol. The van der Waals surface area contributed by atoms with Crippen molar-refractivity contribution < 1.29 is 23.9 Å². The van der Waals surface area contributed by atoms with E-state index in [9.17, 15) is 14.4 Å². The average molecular weight is 537 g/mol. The number of amides is 2. The minimum atomic E-state index is -0.599. The van der Waals surface area contributed by atoms with Gasteiger partial charge in [-0.3, -0.25) is 9.59 Å². The molecule has 0 unspecified atom stereocenters. The van der Waals surface area contributed by atoms with E-state index in [4.69, 9.17) is 21.1 Å². The van der Waals surface area contributed by atoms with Crippen LogP contribution in [0.15, 0.2) is 88.3 Å². The van der Waals surface area contributed by atoms with E-state index in [0.29, 0.717) is 29.5 Å². The van der Waals surface area contributed by atoms with E-state index in [1.807, 2.05) is 13.8 Å². The lowest BCUT2D eigenvalue weighted by atomic mass is 10.1. The Morgan fingerprint density at radius 3 is 2.32 bits per heavy atom. The minimum absolute atomic E-state index is 0.103. The van der Waals surface area contributed by atoms with Crippen LogP contribution >= 0.6 is 23.4 Å². The van der Waals surface area contributed by atoms with E-state index < -0.39 is 17.8 Å². The molecule has 0 bridgehead atoms. The van der Waals surface area contributed by atoms with Gasteiger partial charge in [-0.25, -0.2) is 9.69 Å². The molecular formula is C28H25ClN2O5S. The van der Waals surface area contributed by atoms with Gasteiger partial charge in [0.25, 0.3) is 11.8 Å². The summed E-state index contributed by atoms with van der Waals surface area (Å²) in [5.74, 6) is -1.04. The van der Waals surface area contributed by atoms with E-state index in [-0.39, 0.29) is 28.5 Å². The van der Waals surface area contributed by atoms with Crippen molar-refractivity contribution in [2.24, 2.45) is 0 Å². The second-order valence-corrected chi connectivity index (χ2v) is 9.46. The second kappa shape index (κ2) is 12.0. The first-order valence-electron chi connectivity index (χ1n) is 11.8. The van der Waals surface area contributed by atoms with Gasteiger partial charge in [-0.05, 0) is 74.0 Å². The van der Waals surface area contributed by atoms with Gasteiger partial charge in [-0.15, -0.1) is 0 Å². The average Bonchev–Trinajstić information content (AvgIpc) is 3.13. The molecule has 0 aliphatic carbocycles. The third-order valence-electron chi connectivity index (χ3n) is 5.31. The Labute approximate surface area is 224 Å². The number of halogens is 1. The normalized spacial score (nSPS) is 13.2. The number of nitrogens with zero attached hydrogens (tertiary/aromatic N) is 1. The van der Waals surface area contributed by atoms with E-state index >= 15 is 0 Å². The first kappa shape index (κ1) is 26.3. The van der Waals surface area contributed by atoms with Crippen molar-refractivity contribution in [3.8, 4) is 5.75 Å². The van der Waals surface area contributed by atoms with Gasteiger partial charge in [0.05, 0.1) is 24.5 Å². The summed E-state index contributed by atoms with van der Waals surface area (Å²) in [5.41, 5.74) is 1.00. The molecule has 0 saturated carbocycles. The molecule has 0 spiro atoms. The third kappa shape index (κ3) is 5.98. The Kier molecular flexibility index (Phi) is 8.53. The maximum absolute atomic E-state index is 13.7. The lowest BCUT2D eigenvalue weighted by molar-refractivity contribution is -0.120. The summed E-state index contributed by atoms with van der Waals surface area (Å²) in [5, 5.41) is 3.66. The third-order valence-corrected chi connectivity index (χ3v) is 6.65. The van der Waals surface area contributed by atoms with E-state index in [1.165, 1.54) is 6.07 Å². The molecule has 1 aliphatic heterocycles. The number of imide groups is 1. The Hall–Kier alpha value is -3.75. The van der Waals surface area contributed by atoms with Crippen molar-refractivity contribution in [1.82, 2.24) is 0 Å². The number of hydrogen-bond acceptors (Lipinski definition) is 7. The standard InChI is InChI=1S/C28H25ClN2O5S/c1-3-17-36-28(34)22-7-5-6-8-23(22)31-26(32)24(30-19-11-13-20(14-12-19)35-4-2)25(27(31)33)37-21-15-9-18(29)10-16-21/h5-16,30H,3-4,17H2,1-2H3. The highest BCUT2D eigenvalue weighted by molar-refractivity contribution is 8.04. The van der Waals surface area contributed by atoms with Crippen LogP contribution in [0.1, 0.15) is 30.6 Å². The van der Waals surface area contributed by atoms with Gasteiger partial charge in [0, 0.05) is 15.6 Å². The Balaban J connectivity index is 1.72. The second-order valence-electron chi connectivity index (χ2n) is 7.94. The summed E-state index contributed by atoms with van der Waals surface area (Å²) in [7, 11) is 0. The Morgan fingerprint density at radius 2 is 1.65 bits per heavy atom. The molecule has 4 rings (SSSR count). The van der Waals surface area contributed by atoms with Crippen LogP contribution in [0.3, 0.4) is 0 Å². The number of ether oxygens (including phenoxy) is 2. The molecule has 0 saturated heterocycles. The first-order chi connectivity index (χ1) is 17.9. The van der Waals surface area contributed by atoms with Crippen LogP contribution in [0.4, 0.5) is 11.4 Å². The first-order valence-corrected chi connectivity index (χ1v) is 12.9. The molecule has 1 heterocycles. The van der Waals surface area contributed by atoms with E-state index in [1.54, 1.807) is 66.7 Å². The number of hydrogen-bond donors (Lipinski definition) is 1. The number of esters is 1. The van der Waals surface area contributed by atoms with Gasteiger partial charge >= 0.3 is 5.97 Å². The fourth-order valence-electron chi connectivity index (χ4n) is 3.61. The minimum Gasteiger partial charge on any atom is -0.494 e. The molecule has 1 N–H and O–H groups in total. The van der Waals surface area contributed by atoms with E-state index in [0.717, 1.165) is 21.6 Å². The van der Waals surface area contributed by atoms with Gasteiger partial charge in [-0.2, -0.15) is 0 Å². The molecule has 190 valence electrons. The number of nitrogens with one attached hydrogen (secondary N) is 1. The number of rotatable bonds is 10. The molecule has 9 heteroatoms. The highest BCUT2D eigenvalue weighted by Crippen LogP contribution is 2.39. The van der Waals surface area contributed by atoms with Crippen molar-refractivity contribution >= 4 is 52.5 Å². The van der Waals surface area contributed by atoms with Crippen LogP contribution in [-0.2, 0) is 14.3 Å². The predicted octanol–water partition coefficient (Wildman–Crippen LogP) is 6.29. The topological polar surface area (TPSA) is 84.9 Å². The summed E-state index contributed by atoms with van der Waals surface area (Å²) in [6.07, 6.45) is 0.648. The maximum atomic E-state index is 13.7. The highest BCUT2D eigenvalue weighted by Gasteiger charge is 2.41. The van der Waals surface area contributed by atoms with Crippen molar-refractivity contribution in [3.63, 3.8) is 0 Å². The van der Waals surface area contributed by atoms with E-state index in [2.05, 4.69) is 5.32 Å². The molecule has 3 aromatic rings. The lowest BCUT2D eigenvalue weighted by Crippen LogP contribution is -2.33. The smallest absolute Gasteiger partial charge is 0.340 e. The zero-order chi connectivity index (χ0) is 26.4. The Bertz CT molecular complexity index is 1340. The van der Waals surface area contributed by atoms with Crippen LogP contribution in [-0.4, -0.2) is 31.0 Å². The van der Waals surface area contributed by atoms with Crippen LogP contribution in [0.2, 0.25) is 5.02 Å². The van der Waals surface area contributed by atoms with Crippen molar-refractivity contribution in [1.29, 1.82) is 0 Å². The van der Waals surface area contributed by atoms with Crippen molar-refractivity contribution in [2.75, 3.05) is 23.4 Å². The number of para-hydroxylation sites is 1. The molecule has 0 fully saturated rings. The molecule has 0 radical (unpaired) electrons. The SMILES string of the molecule is CCCOC(=O)c1ccccc1N1C(=O)C(Nc2ccc(OCC)cc2)=C(Sc2ccc(Cl)cc2)C1=O. The Morgan fingerprint density at radius 1 is 0.946 bits per heavy atom. The number of anilines is 2. The number of benzene rings is 3. The molecule has 0 aromatic heterocycles. The van der Waals surface area contributed by atoms with Gasteiger partial charge in [0.2, 0.25) is 0 Å². The van der Waals surface area contributed by atoms with Gasteiger partial charge in [0.1, 0.15) is 16.4 Å². The van der Waals surface area contributed by atoms with Crippen molar-refractivity contribution in [3.05, 3.63) is 94.0 Å². The van der Waals surface area contributed by atoms with Crippen LogP contribution in [0.25, 0.3) is 0 Å². The molecular weight excluding hydrogens is 512 g/mol. The molecule has 3 aromatic carbocycles. The summed E-state index contributed by atoms with van der Waals surface area (Å²) >= 11 is 7.16. The summed E-state index contributed by atoms with van der Waals surface area (Å²) < 4.78 is 10.8. The number of thioether (sulfide) groups is 1. The zero-order valence-electron chi connectivity index (χ0n) is 20.3. The van der Waals surface area contributed by atoms with Gasteiger partial charge in [0.15, 0.2) is 0 Å². The molecule has 1 aliphatic rings. The summed E-state index contributed by atoms with van der Waals surface area (Å²) in [6.45, 7) is 4.54. The fourth-order valence-corrected chi connectivity index (χ4v) is 4.67. The van der Waals surface area contributed by atoms with Gasteiger partial charge in [-0.1, -0.05) is 42.4 Å². The quantitative estimate of drug-likeness (QED) is 0.240. The van der Waals surface area contributed by atoms with Crippen LogP contribution in [0.5, 0.6) is 5.75 Å². The summed E-state index contributed by atoms with van der Waals surface area (Å²) in [6, 6.07) is 20.5. The molecule has 2 amide bonds.